The summed E-state index contributed by atoms with van der Waals surface area (Å²) in [6, 6.07) is 0. The van der Waals surface area contributed by atoms with Crippen LogP contribution in [0.2, 0.25) is 0 Å². The third-order valence-electron chi connectivity index (χ3n) is 1.47. The van der Waals surface area contributed by atoms with Crippen LogP contribution in [0.3, 0.4) is 0 Å². The molecule has 0 saturated carbocycles. The quantitative estimate of drug-likeness (QED) is 0.507. The third-order valence-corrected chi connectivity index (χ3v) is 1.88. The van der Waals surface area contributed by atoms with E-state index in [2.05, 4.69) is 5.32 Å². The lowest BCUT2D eigenvalue weighted by molar-refractivity contribution is -0.120. The summed E-state index contributed by atoms with van der Waals surface area (Å²) in [5, 5.41) is 2.44. The Morgan fingerprint density at radius 1 is 1.56 bits per heavy atom. The molecule has 1 N–H and O–H groups in total. The number of carbonyl (C=O) groups excluding carboxylic acids is 1. The summed E-state index contributed by atoms with van der Waals surface area (Å²) in [6.07, 6.45) is 2.95. The van der Waals surface area contributed by atoms with Crippen molar-refractivity contribution in [2.45, 2.75) is 24.6 Å². The maximum atomic E-state index is 10.8. The molecule has 1 aliphatic rings. The molecule has 1 amide bonds. The van der Waals surface area contributed by atoms with Gasteiger partial charge in [-0.1, -0.05) is 0 Å². The molecule has 0 radical (unpaired) electrons. The molecule has 0 aromatic rings. The number of alkyl halides is 1. The summed E-state index contributed by atoms with van der Waals surface area (Å²) in [5.74, 6) is -0.00540. The molecule has 0 aromatic carbocycles. The topological polar surface area (TPSA) is 29.1 Å². The zero-order chi connectivity index (χ0) is 6.69. The molecule has 1 atom stereocenters. The predicted octanol–water partition coefficient (Wildman–Crippen LogP) is 0.894. The highest BCUT2D eigenvalue weighted by atomic mass is 35.5. The van der Waals surface area contributed by atoms with Gasteiger partial charge in [-0.05, 0) is 19.3 Å². The van der Waals surface area contributed by atoms with Gasteiger partial charge in [-0.3, -0.25) is 4.79 Å². The lowest BCUT2D eigenvalue weighted by Crippen LogP contribution is -2.29. The summed E-state index contributed by atoms with van der Waals surface area (Å²) in [7, 11) is 0. The number of amides is 1. The minimum atomic E-state index is -0.285. The summed E-state index contributed by atoms with van der Waals surface area (Å²) in [4.78, 5) is 10.8. The zero-order valence-electron chi connectivity index (χ0n) is 5.19. The summed E-state index contributed by atoms with van der Waals surface area (Å²) in [5.41, 5.74) is 0. The number of halogens is 1. The standard InChI is InChI=1S/C6H10ClNO/c7-5-3-1-2-4-8-6(5)9/h5H,1-4H2,(H,8,9). The number of hydrogen-bond acceptors (Lipinski definition) is 1. The average molecular weight is 148 g/mol. The number of hydrogen-bond donors (Lipinski definition) is 1. The van der Waals surface area contributed by atoms with E-state index < -0.39 is 0 Å². The molecule has 1 unspecified atom stereocenters. The van der Waals surface area contributed by atoms with E-state index in [0.717, 1.165) is 25.8 Å². The Hall–Kier alpha value is -0.240. The molecule has 1 aliphatic heterocycles. The van der Waals surface area contributed by atoms with E-state index in [1.165, 1.54) is 0 Å². The molecular formula is C6H10ClNO. The molecule has 0 bridgehead atoms. The van der Waals surface area contributed by atoms with Gasteiger partial charge in [-0.25, -0.2) is 0 Å². The Balaban J connectivity index is 2.41. The van der Waals surface area contributed by atoms with E-state index in [0.29, 0.717) is 0 Å². The van der Waals surface area contributed by atoms with Crippen LogP contribution in [0.5, 0.6) is 0 Å². The van der Waals surface area contributed by atoms with E-state index in [-0.39, 0.29) is 11.3 Å². The Kier molecular flexibility index (Phi) is 2.34. The third kappa shape index (κ3) is 1.86. The van der Waals surface area contributed by atoms with Crippen LogP contribution >= 0.6 is 11.6 Å². The molecule has 1 saturated heterocycles. The monoisotopic (exact) mass is 147 g/mol. The Morgan fingerprint density at radius 2 is 2.33 bits per heavy atom. The van der Waals surface area contributed by atoms with Crippen LogP contribution in [0, 0.1) is 0 Å². The molecule has 1 rings (SSSR count). The van der Waals surface area contributed by atoms with Gasteiger partial charge in [0.05, 0.1) is 0 Å². The van der Waals surface area contributed by atoms with Crippen molar-refractivity contribution in [3.8, 4) is 0 Å². The normalized spacial score (nSPS) is 29.0. The van der Waals surface area contributed by atoms with Crippen molar-refractivity contribution in [2.24, 2.45) is 0 Å². The van der Waals surface area contributed by atoms with Crippen LogP contribution in [-0.4, -0.2) is 17.8 Å². The van der Waals surface area contributed by atoms with Gasteiger partial charge in [0, 0.05) is 6.54 Å². The molecule has 1 heterocycles. The molecular weight excluding hydrogens is 138 g/mol. The summed E-state index contributed by atoms with van der Waals surface area (Å²) < 4.78 is 0. The van der Waals surface area contributed by atoms with Crippen molar-refractivity contribution in [2.75, 3.05) is 6.54 Å². The van der Waals surface area contributed by atoms with E-state index >= 15 is 0 Å². The first-order valence-electron chi connectivity index (χ1n) is 3.22. The maximum absolute atomic E-state index is 10.8. The smallest absolute Gasteiger partial charge is 0.238 e. The fourth-order valence-electron chi connectivity index (χ4n) is 0.902. The molecule has 1 fully saturated rings. The van der Waals surface area contributed by atoms with E-state index in [1.807, 2.05) is 0 Å². The lowest BCUT2D eigenvalue weighted by atomic mass is 10.2. The highest BCUT2D eigenvalue weighted by molar-refractivity contribution is 6.30. The highest BCUT2D eigenvalue weighted by Crippen LogP contribution is 2.10. The number of rotatable bonds is 0. The first-order valence-corrected chi connectivity index (χ1v) is 3.66. The van der Waals surface area contributed by atoms with Gasteiger partial charge in [0.25, 0.3) is 0 Å². The van der Waals surface area contributed by atoms with Crippen molar-refractivity contribution < 1.29 is 4.79 Å². The van der Waals surface area contributed by atoms with E-state index in [4.69, 9.17) is 11.6 Å². The van der Waals surface area contributed by atoms with Crippen LogP contribution in [0.25, 0.3) is 0 Å². The van der Waals surface area contributed by atoms with Crippen molar-refractivity contribution in [3.05, 3.63) is 0 Å². The zero-order valence-corrected chi connectivity index (χ0v) is 5.95. The van der Waals surface area contributed by atoms with E-state index in [1.54, 1.807) is 0 Å². The van der Waals surface area contributed by atoms with Crippen LogP contribution < -0.4 is 5.32 Å². The van der Waals surface area contributed by atoms with Gasteiger partial charge >= 0.3 is 0 Å². The molecule has 3 heteroatoms. The van der Waals surface area contributed by atoms with Crippen molar-refractivity contribution in [3.63, 3.8) is 0 Å². The number of carbonyl (C=O) groups is 1. The first kappa shape index (κ1) is 6.87. The van der Waals surface area contributed by atoms with Gasteiger partial charge in [0.2, 0.25) is 5.91 Å². The highest BCUT2D eigenvalue weighted by Gasteiger charge is 2.16. The minimum Gasteiger partial charge on any atom is -0.355 e. The fourth-order valence-corrected chi connectivity index (χ4v) is 1.13. The predicted molar refractivity (Wildman–Crippen MR) is 36.5 cm³/mol. The number of nitrogens with one attached hydrogen (secondary N) is 1. The molecule has 9 heavy (non-hydrogen) atoms. The summed E-state index contributed by atoms with van der Waals surface area (Å²) >= 11 is 5.66. The molecule has 0 aliphatic carbocycles. The van der Waals surface area contributed by atoms with Crippen molar-refractivity contribution in [1.82, 2.24) is 5.32 Å². The van der Waals surface area contributed by atoms with Crippen LogP contribution in [-0.2, 0) is 4.79 Å². The van der Waals surface area contributed by atoms with Gasteiger partial charge in [-0.2, -0.15) is 0 Å². The van der Waals surface area contributed by atoms with Gasteiger partial charge in [0.1, 0.15) is 5.38 Å². The van der Waals surface area contributed by atoms with Gasteiger partial charge in [-0.15, -0.1) is 11.6 Å². The van der Waals surface area contributed by atoms with Crippen LogP contribution in [0.1, 0.15) is 19.3 Å². The van der Waals surface area contributed by atoms with Gasteiger partial charge < -0.3 is 5.32 Å². The van der Waals surface area contributed by atoms with E-state index in [9.17, 15) is 4.79 Å². The largest absolute Gasteiger partial charge is 0.355 e. The minimum absolute atomic E-state index is 0.00540. The molecule has 0 spiro atoms. The SMILES string of the molecule is O=C1NCCCCC1Cl. The van der Waals surface area contributed by atoms with Crippen molar-refractivity contribution in [1.29, 1.82) is 0 Å². The molecule has 52 valence electrons. The second-order valence-corrected chi connectivity index (χ2v) is 2.78. The Morgan fingerprint density at radius 3 is 3.11 bits per heavy atom. The maximum Gasteiger partial charge on any atom is 0.238 e. The first-order chi connectivity index (χ1) is 4.30. The second kappa shape index (κ2) is 3.06. The van der Waals surface area contributed by atoms with Gasteiger partial charge in [0.15, 0.2) is 0 Å². The Bertz CT molecular complexity index is 116. The van der Waals surface area contributed by atoms with Crippen molar-refractivity contribution >= 4 is 17.5 Å². The second-order valence-electron chi connectivity index (χ2n) is 2.25. The molecule has 2 nitrogen and oxygen atoms in total. The lowest BCUT2D eigenvalue weighted by Gasteiger charge is -2.01. The Labute approximate surface area is 59.6 Å². The fraction of sp³-hybridized carbons (Fsp3) is 0.833. The average Bonchev–Trinajstić information content (AvgIpc) is 1.99. The summed E-state index contributed by atoms with van der Waals surface area (Å²) in [6.45, 7) is 0.794. The van der Waals surface area contributed by atoms with Crippen LogP contribution in [0.15, 0.2) is 0 Å². The molecule has 0 aromatic heterocycles. The van der Waals surface area contributed by atoms with Crippen LogP contribution in [0.4, 0.5) is 0 Å².